The number of hydrogen-bond donors (Lipinski definition) is 2. The lowest BCUT2D eigenvalue weighted by molar-refractivity contribution is 0.137. The zero-order valence-electron chi connectivity index (χ0n) is 11.5. The minimum atomic E-state index is -1.83. The lowest BCUT2D eigenvalue weighted by atomic mass is 10.0. The summed E-state index contributed by atoms with van der Waals surface area (Å²) in [7, 11) is 1.69. The Morgan fingerprint density at radius 3 is 2.16 bits per heavy atom. The maximum atomic E-state index is 8.56. The number of hydrogen-bond acceptors (Lipinski definition) is 2. The van der Waals surface area contributed by atoms with Gasteiger partial charge >= 0.3 is 6.16 Å². The van der Waals surface area contributed by atoms with Crippen LogP contribution in [0.1, 0.15) is 25.8 Å². The van der Waals surface area contributed by atoms with Crippen molar-refractivity contribution in [2.24, 2.45) is 0 Å². The molecule has 1 rings (SSSR count). The van der Waals surface area contributed by atoms with Crippen molar-refractivity contribution < 1.29 is 19.7 Å². The molecule has 0 aliphatic heterocycles. The monoisotopic (exact) mass is 264 g/mol. The smallest absolute Gasteiger partial charge is 0.497 e. The first-order valence-electron chi connectivity index (χ1n) is 5.93. The van der Waals surface area contributed by atoms with Crippen LogP contribution in [0.2, 0.25) is 0 Å². The summed E-state index contributed by atoms with van der Waals surface area (Å²) in [4.78, 5) is 8.56. The molecule has 104 valence electrons. The van der Waals surface area contributed by atoms with E-state index in [1.807, 2.05) is 25.1 Å². The molecule has 2 N–H and O–H groups in total. The maximum Gasteiger partial charge on any atom is 0.503 e. The van der Waals surface area contributed by atoms with Crippen LogP contribution < -0.4 is 4.74 Å². The van der Waals surface area contributed by atoms with Crippen molar-refractivity contribution in [3.05, 3.63) is 48.1 Å². The number of ether oxygens (including phenoxy) is 1. The third-order valence-electron chi connectivity index (χ3n) is 2.33. The molecule has 19 heavy (non-hydrogen) atoms. The molecular weight excluding hydrogens is 244 g/mol. The van der Waals surface area contributed by atoms with Gasteiger partial charge in [-0.1, -0.05) is 37.3 Å². The van der Waals surface area contributed by atoms with E-state index in [1.165, 1.54) is 11.1 Å². The number of rotatable bonds is 4. The van der Waals surface area contributed by atoms with Crippen molar-refractivity contribution in [1.82, 2.24) is 0 Å². The highest BCUT2D eigenvalue weighted by molar-refractivity contribution is 5.67. The lowest BCUT2D eigenvalue weighted by Crippen LogP contribution is -1.85. The van der Waals surface area contributed by atoms with Crippen LogP contribution in [-0.2, 0) is 0 Å². The zero-order chi connectivity index (χ0) is 14.7. The quantitative estimate of drug-likeness (QED) is 0.796. The average Bonchev–Trinajstić information content (AvgIpc) is 2.39. The van der Waals surface area contributed by atoms with Gasteiger partial charge in [-0.3, -0.25) is 0 Å². The van der Waals surface area contributed by atoms with Gasteiger partial charge in [-0.2, -0.15) is 0 Å². The second-order valence-electron chi connectivity index (χ2n) is 3.58. The number of allylic oxidation sites excluding steroid dienone is 4. The van der Waals surface area contributed by atoms with E-state index in [1.54, 1.807) is 7.11 Å². The van der Waals surface area contributed by atoms with Crippen molar-refractivity contribution in [2.45, 2.75) is 20.3 Å². The average molecular weight is 264 g/mol. The van der Waals surface area contributed by atoms with Gasteiger partial charge in [-0.15, -0.1) is 0 Å². The van der Waals surface area contributed by atoms with Gasteiger partial charge in [0.25, 0.3) is 0 Å². The molecule has 0 unspecified atom stereocenters. The van der Waals surface area contributed by atoms with E-state index in [4.69, 9.17) is 19.7 Å². The Morgan fingerprint density at radius 2 is 1.79 bits per heavy atom. The van der Waals surface area contributed by atoms with Crippen LogP contribution in [0.5, 0.6) is 5.75 Å². The topological polar surface area (TPSA) is 66.8 Å². The van der Waals surface area contributed by atoms with Crippen LogP contribution in [0.25, 0.3) is 5.57 Å². The summed E-state index contributed by atoms with van der Waals surface area (Å²) >= 11 is 0. The molecule has 0 atom stereocenters. The second-order valence-corrected chi connectivity index (χ2v) is 3.58. The number of benzene rings is 1. The Hall–Kier alpha value is -2.23. The summed E-state index contributed by atoms with van der Waals surface area (Å²) in [5, 5.41) is 13.9. The van der Waals surface area contributed by atoms with Crippen molar-refractivity contribution in [2.75, 3.05) is 7.11 Å². The van der Waals surface area contributed by atoms with Crippen LogP contribution in [0.15, 0.2) is 42.5 Å². The van der Waals surface area contributed by atoms with Gasteiger partial charge in [0, 0.05) is 0 Å². The predicted molar refractivity (Wildman–Crippen MR) is 76.7 cm³/mol. The molecule has 0 fully saturated rings. The van der Waals surface area contributed by atoms with E-state index in [9.17, 15) is 0 Å². The normalized spacial score (nSPS) is 10.8. The molecule has 0 spiro atoms. The first-order chi connectivity index (χ1) is 9.04. The van der Waals surface area contributed by atoms with E-state index in [2.05, 4.69) is 31.2 Å². The Kier molecular flexibility index (Phi) is 8.62. The molecule has 4 heteroatoms. The first-order valence-corrected chi connectivity index (χ1v) is 5.93. The molecular formula is C15H20O4. The number of carbonyl (C=O) groups is 1. The van der Waals surface area contributed by atoms with Gasteiger partial charge in [-0.05, 0) is 36.6 Å². The Balaban J connectivity index is 0.000000711. The summed E-state index contributed by atoms with van der Waals surface area (Å²) in [6.07, 6.45) is 5.47. The fourth-order valence-electron chi connectivity index (χ4n) is 1.44. The summed E-state index contributed by atoms with van der Waals surface area (Å²) in [6.45, 7) is 4.19. The minimum absolute atomic E-state index is 0.903. The fourth-order valence-corrected chi connectivity index (χ4v) is 1.44. The van der Waals surface area contributed by atoms with Crippen molar-refractivity contribution in [3.8, 4) is 5.75 Å². The molecule has 0 saturated carbocycles. The molecule has 0 amide bonds. The molecule has 0 aliphatic rings. The highest BCUT2D eigenvalue weighted by Gasteiger charge is 1.98. The van der Waals surface area contributed by atoms with Gasteiger partial charge in [0.2, 0.25) is 0 Å². The van der Waals surface area contributed by atoms with E-state index >= 15 is 0 Å². The van der Waals surface area contributed by atoms with Crippen molar-refractivity contribution in [1.29, 1.82) is 0 Å². The van der Waals surface area contributed by atoms with E-state index in [-0.39, 0.29) is 0 Å². The Labute approximate surface area is 113 Å². The molecule has 4 nitrogen and oxygen atoms in total. The largest absolute Gasteiger partial charge is 0.503 e. The van der Waals surface area contributed by atoms with Gasteiger partial charge in [0.1, 0.15) is 5.75 Å². The van der Waals surface area contributed by atoms with E-state index in [0.29, 0.717) is 0 Å². The van der Waals surface area contributed by atoms with Gasteiger partial charge in [0.15, 0.2) is 0 Å². The molecule has 0 saturated heterocycles. The van der Waals surface area contributed by atoms with Crippen LogP contribution in [0, 0.1) is 0 Å². The van der Waals surface area contributed by atoms with Crippen molar-refractivity contribution >= 4 is 11.7 Å². The Bertz CT molecular complexity index is 426. The highest BCUT2D eigenvalue weighted by Crippen LogP contribution is 2.21. The molecule has 0 bridgehead atoms. The third kappa shape index (κ3) is 7.65. The van der Waals surface area contributed by atoms with E-state index < -0.39 is 6.16 Å². The standard InChI is InChI=1S/C14H18O.CH2O3/c1-4-6-7-12(5-2)13-8-10-14(15-3)11-9-13;2-1(3)4/h4,6-11H,5H2,1-3H3;(H2,2,3,4)/b6-4+,12-7+;. The SMILES string of the molecule is C/C=C/C=C(\CC)c1ccc(OC)cc1.O=C(O)O. The third-order valence-corrected chi connectivity index (χ3v) is 2.33. The van der Waals surface area contributed by atoms with Gasteiger partial charge in [-0.25, -0.2) is 4.79 Å². The summed E-state index contributed by atoms with van der Waals surface area (Å²) in [6, 6.07) is 8.18. The van der Waals surface area contributed by atoms with Crippen LogP contribution in [-0.4, -0.2) is 23.5 Å². The van der Waals surface area contributed by atoms with Gasteiger partial charge < -0.3 is 14.9 Å². The van der Waals surface area contributed by atoms with Crippen molar-refractivity contribution in [3.63, 3.8) is 0 Å². The second kappa shape index (κ2) is 9.76. The highest BCUT2D eigenvalue weighted by atomic mass is 16.6. The van der Waals surface area contributed by atoms with Crippen LogP contribution in [0.3, 0.4) is 0 Å². The lowest BCUT2D eigenvalue weighted by Gasteiger charge is -2.05. The predicted octanol–water partition coefficient (Wildman–Crippen LogP) is 4.29. The van der Waals surface area contributed by atoms with E-state index in [0.717, 1.165) is 12.2 Å². The summed E-state index contributed by atoms with van der Waals surface area (Å²) in [5.41, 5.74) is 2.60. The number of methoxy groups -OCH3 is 1. The molecule has 1 aromatic rings. The maximum absolute atomic E-state index is 8.56. The molecule has 0 radical (unpaired) electrons. The minimum Gasteiger partial charge on any atom is -0.497 e. The molecule has 0 aromatic heterocycles. The molecule has 0 aliphatic carbocycles. The fraction of sp³-hybridized carbons (Fsp3) is 0.267. The van der Waals surface area contributed by atoms with Gasteiger partial charge in [0.05, 0.1) is 7.11 Å². The summed E-state index contributed by atoms with van der Waals surface area (Å²) < 4.78 is 5.13. The molecule has 0 heterocycles. The first kappa shape index (κ1) is 16.8. The zero-order valence-corrected chi connectivity index (χ0v) is 11.5. The summed E-state index contributed by atoms with van der Waals surface area (Å²) in [5.74, 6) is 0.903. The Morgan fingerprint density at radius 1 is 1.26 bits per heavy atom. The van der Waals surface area contributed by atoms with Crippen LogP contribution in [0.4, 0.5) is 4.79 Å². The van der Waals surface area contributed by atoms with Crippen LogP contribution >= 0.6 is 0 Å². The number of carboxylic acid groups (broad SMARTS) is 2. The molecule has 1 aromatic carbocycles.